The van der Waals surface area contributed by atoms with Crippen molar-refractivity contribution in [1.29, 1.82) is 0 Å². The summed E-state index contributed by atoms with van der Waals surface area (Å²) < 4.78 is 0. The second-order valence-corrected chi connectivity index (χ2v) is 5.33. The van der Waals surface area contributed by atoms with Gasteiger partial charge in [-0.15, -0.1) is 0 Å². The second kappa shape index (κ2) is 3.88. The van der Waals surface area contributed by atoms with Crippen LogP contribution in [0.4, 0.5) is 11.5 Å². The number of fused-ring (bicyclic) bond motifs is 2. The van der Waals surface area contributed by atoms with Gasteiger partial charge in [-0.05, 0) is 44.2 Å². The number of nitrogens with zero attached hydrogens (tertiary/aromatic N) is 2. The minimum Gasteiger partial charge on any atom is -0.397 e. The first kappa shape index (κ1) is 10.8. The van der Waals surface area contributed by atoms with Crippen LogP contribution in [-0.2, 0) is 0 Å². The third kappa shape index (κ3) is 1.76. The standard InChI is InChI=1S/C13H19N3O/c1-8-4-9(14)7-15-13(8)16-10-2-3-11(16)6-12(17)5-10/h4,7,10-12,17H,2-3,5-6,14H2,1H3. The molecular weight excluding hydrogens is 214 g/mol. The predicted octanol–water partition coefficient (Wildman–Crippen LogP) is 1.46. The van der Waals surface area contributed by atoms with Crippen molar-refractivity contribution >= 4 is 11.5 Å². The number of piperidine rings is 1. The van der Waals surface area contributed by atoms with E-state index in [9.17, 15) is 5.11 Å². The van der Waals surface area contributed by atoms with Crippen LogP contribution in [0, 0.1) is 6.92 Å². The zero-order chi connectivity index (χ0) is 12.0. The Morgan fingerprint density at radius 3 is 2.59 bits per heavy atom. The van der Waals surface area contributed by atoms with E-state index in [-0.39, 0.29) is 6.10 Å². The molecule has 4 nitrogen and oxygen atoms in total. The number of hydrogen-bond acceptors (Lipinski definition) is 4. The van der Waals surface area contributed by atoms with E-state index in [0.29, 0.717) is 12.1 Å². The number of aliphatic hydroxyl groups is 1. The van der Waals surface area contributed by atoms with Gasteiger partial charge in [0, 0.05) is 12.1 Å². The zero-order valence-electron chi connectivity index (χ0n) is 10.1. The normalized spacial score (nSPS) is 31.9. The SMILES string of the molecule is Cc1cc(N)cnc1N1C2CCC1CC(O)C2. The van der Waals surface area contributed by atoms with Gasteiger partial charge in [0.2, 0.25) is 0 Å². The van der Waals surface area contributed by atoms with Gasteiger partial charge in [-0.2, -0.15) is 0 Å². The molecule has 2 saturated heterocycles. The smallest absolute Gasteiger partial charge is 0.132 e. The maximum Gasteiger partial charge on any atom is 0.132 e. The molecule has 4 heteroatoms. The topological polar surface area (TPSA) is 62.4 Å². The van der Waals surface area contributed by atoms with Crippen molar-refractivity contribution in [3.8, 4) is 0 Å². The first-order valence-electron chi connectivity index (χ1n) is 6.33. The number of rotatable bonds is 1. The van der Waals surface area contributed by atoms with Gasteiger partial charge in [-0.3, -0.25) is 0 Å². The van der Waals surface area contributed by atoms with E-state index >= 15 is 0 Å². The van der Waals surface area contributed by atoms with Crippen LogP contribution in [0.3, 0.4) is 0 Å². The number of aliphatic hydroxyl groups excluding tert-OH is 1. The number of aryl methyl sites for hydroxylation is 1. The Balaban J connectivity index is 1.94. The third-order valence-corrected chi connectivity index (χ3v) is 4.02. The lowest BCUT2D eigenvalue weighted by Crippen LogP contribution is -2.45. The van der Waals surface area contributed by atoms with Crippen molar-refractivity contribution in [3.63, 3.8) is 0 Å². The van der Waals surface area contributed by atoms with Crippen molar-refractivity contribution in [3.05, 3.63) is 17.8 Å². The molecule has 0 saturated carbocycles. The minimum absolute atomic E-state index is 0.127. The van der Waals surface area contributed by atoms with Gasteiger partial charge in [0.1, 0.15) is 5.82 Å². The van der Waals surface area contributed by atoms with E-state index in [2.05, 4.69) is 16.8 Å². The molecule has 2 bridgehead atoms. The average molecular weight is 233 g/mol. The fourth-order valence-electron chi connectivity index (χ4n) is 3.35. The van der Waals surface area contributed by atoms with Crippen molar-refractivity contribution in [2.45, 2.75) is 50.8 Å². The molecule has 3 heterocycles. The molecule has 3 rings (SSSR count). The fraction of sp³-hybridized carbons (Fsp3) is 0.615. The van der Waals surface area contributed by atoms with Gasteiger partial charge in [0.05, 0.1) is 18.0 Å². The van der Waals surface area contributed by atoms with E-state index in [1.807, 2.05) is 6.07 Å². The van der Waals surface area contributed by atoms with E-state index in [0.717, 1.165) is 29.9 Å². The molecule has 0 aromatic carbocycles. The molecule has 2 aliphatic rings. The Morgan fingerprint density at radius 2 is 2.00 bits per heavy atom. The number of anilines is 2. The molecule has 1 aromatic rings. The van der Waals surface area contributed by atoms with Crippen LogP contribution in [0.15, 0.2) is 12.3 Å². The summed E-state index contributed by atoms with van der Waals surface area (Å²) in [6.45, 7) is 2.06. The monoisotopic (exact) mass is 233 g/mol. The summed E-state index contributed by atoms with van der Waals surface area (Å²) in [6, 6.07) is 2.89. The van der Waals surface area contributed by atoms with Crippen LogP contribution >= 0.6 is 0 Å². The summed E-state index contributed by atoms with van der Waals surface area (Å²) in [7, 11) is 0. The van der Waals surface area contributed by atoms with Crippen LogP contribution in [0.25, 0.3) is 0 Å². The maximum atomic E-state index is 9.80. The van der Waals surface area contributed by atoms with E-state index in [4.69, 9.17) is 5.73 Å². The third-order valence-electron chi connectivity index (χ3n) is 4.02. The fourth-order valence-corrected chi connectivity index (χ4v) is 3.35. The van der Waals surface area contributed by atoms with E-state index in [1.54, 1.807) is 6.20 Å². The highest BCUT2D eigenvalue weighted by Crippen LogP contribution is 2.39. The highest BCUT2D eigenvalue weighted by Gasteiger charge is 2.41. The van der Waals surface area contributed by atoms with Gasteiger partial charge < -0.3 is 15.7 Å². The van der Waals surface area contributed by atoms with Gasteiger partial charge in [0.15, 0.2) is 0 Å². The molecule has 0 radical (unpaired) electrons. The quantitative estimate of drug-likeness (QED) is 0.771. The maximum absolute atomic E-state index is 9.80. The largest absolute Gasteiger partial charge is 0.397 e. The number of nitrogen functional groups attached to an aromatic ring is 1. The molecule has 2 atom stereocenters. The van der Waals surface area contributed by atoms with Crippen LogP contribution < -0.4 is 10.6 Å². The summed E-state index contributed by atoms with van der Waals surface area (Å²) in [5, 5.41) is 9.80. The number of hydrogen-bond donors (Lipinski definition) is 2. The van der Waals surface area contributed by atoms with Crippen molar-refractivity contribution in [2.24, 2.45) is 0 Å². The second-order valence-electron chi connectivity index (χ2n) is 5.33. The van der Waals surface area contributed by atoms with Crippen molar-refractivity contribution in [1.82, 2.24) is 4.98 Å². The molecular formula is C13H19N3O. The summed E-state index contributed by atoms with van der Waals surface area (Å²) in [6.07, 6.45) is 5.70. The predicted molar refractivity (Wildman–Crippen MR) is 67.9 cm³/mol. The van der Waals surface area contributed by atoms with Gasteiger partial charge in [0.25, 0.3) is 0 Å². The minimum atomic E-state index is -0.127. The highest BCUT2D eigenvalue weighted by atomic mass is 16.3. The molecule has 2 aliphatic heterocycles. The molecule has 1 aromatic heterocycles. The summed E-state index contributed by atoms with van der Waals surface area (Å²) >= 11 is 0. The summed E-state index contributed by atoms with van der Waals surface area (Å²) in [5.74, 6) is 1.05. The first-order valence-corrected chi connectivity index (χ1v) is 6.33. The van der Waals surface area contributed by atoms with Crippen LogP contribution in [0.5, 0.6) is 0 Å². The molecule has 0 spiro atoms. The Morgan fingerprint density at radius 1 is 1.35 bits per heavy atom. The summed E-state index contributed by atoms with van der Waals surface area (Å²) in [4.78, 5) is 6.89. The van der Waals surface area contributed by atoms with Crippen LogP contribution in [0.1, 0.15) is 31.2 Å². The Kier molecular flexibility index (Phi) is 2.47. The molecule has 17 heavy (non-hydrogen) atoms. The zero-order valence-corrected chi connectivity index (χ0v) is 10.1. The molecule has 0 aliphatic carbocycles. The molecule has 3 N–H and O–H groups in total. The molecule has 0 amide bonds. The number of nitrogens with two attached hydrogens (primary N) is 1. The van der Waals surface area contributed by atoms with Gasteiger partial charge >= 0.3 is 0 Å². The Labute approximate surface area is 101 Å². The average Bonchev–Trinajstić information content (AvgIpc) is 2.53. The van der Waals surface area contributed by atoms with Crippen molar-refractivity contribution < 1.29 is 5.11 Å². The van der Waals surface area contributed by atoms with Crippen LogP contribution in [-0.4, -0.2) is 28.3 Å². The lowest BCUT2D eigenvalue weighted by molar-refractivity contribution is 0.126. The Bertz CT molecular complexity index is 421. The van der Waals surface area contributed by atoms with Gasteiger partial charge in [-0.25, -0.2) is 4.98 Å². The van der Waals surface area contributed by atoms with E-state index in [1.165, 1.54) is 12.8 Å². The molecule has 2 fully saturated rings. The van der Waals surface area contributed by atoms with E-state index < -0.39 is 0 Å². The summed E-state index contributed by atoms with van der Waals surface area (Å²) in [5.41, 5.74) is 7.60. The number of pyridine rings is 1. The first-order chi connectivity index (χ1) is 8.15. The number of aromatic nitrogens is 1. The lowest BCUT2D eigenvalue weighted by Gasteiger charge is -2.38. The Hall–Kier alpha value is -1.29. The van der Waals surface area contributed by atoms with Crippen molar-refractivity contribution in [2.75, 3.05) is 10.6 Å². The molecule has 2 unspecified atom stereocenters. The highest BCUT2D eigenvalue weighted by molar-refractivity contribution is 5.55. The van der Waals surface area contributed by atoms with Gasteiger partial charge in [-0.1, -0.05) is 0 Å². The van der Waals surface area contributed by atoms with Crippen LogP contribution in [0.2, 0.25) is 0 Å². The lowest BCUT2D eigenvalue weighted by atomic mass is 9.99. The molecule has 92 valence electrons.